The molecule has 0 amide bonds. The zero-order valence-electron chi connectivity index (χ0n) is 12.1. The van der Waals surface area contributed by atoms with Crippen molar-refractivity contribution in [3.63, 3.8) is 0 Å². The highest BCUT2D eigenvalue weighted by Gasteiger charge is 2.24. The summed E-state index contributed by atoms with van der Waals surface area (Å²) in [5.41, 5.74) is 1.00. The Balaban J connectivity index is 2.41. The molecule has 118 valence electrons. The molecule has 0 aliphatic rings. The van der Waals surface area contributed by atoms with Crippen molar-refractivity contribution in [2.24, 2.45) is 0 Å². The highest BCUT2D eigenvalue weighted by molar-refractivity contribution is 6.30. The van der Waals surface area contributed by atoms with Crippen molar-refractivity contribution >= 4 is 28.6 Å². The summed E-state index contributed by atoms with van der Waals surface area (Å²) in [4.78, 5) is 23.7. The lowest BCUT2D eigenvalue weighted by Crippen LogP contribution is -2.10. The van der Waals surface area contributed by atoms with Gasteiger partial charge in [0.25, 0.3) is 0 Å². The number of pyridine rings is 1. The number of methoxy groups -OCH3 is 2. The first kappa shape index (κ1) is 15.0. The normalized spacial score (nSPS) is 10.7. The summed E-state index contributed by atoms with van der Waals surface area (Å²) in [6.07, 6.45) is 1.47. The molecular weight excluding hydrogens is 324 g/mol. The van der Waals surface area contributed by atoms with Gasteiger partial charge in [-0.1, -0.05) is 11.6 Å². The second-order valence-corrected chi connectivity index (χ2v) is 4.87. The van der Waals surface area contributed by atoms with Crippen LogP contribution in [0.2, 0.25) is 5.15 Å². The third-order valence-corrected chi connectivity index (χ3v) is 3.47. The molecule has 3 aromatic heterocycles. The SMILES string of the molecule is COc1ncnc(OC)c1-c1cc2cc(Cl)ncc2n1C(=O)O. The number of carboxylic acid groups (broad SMARTS) is 1. The Hall–Kier alpha value is -2.87. The van der Waals surface area contributed by atoms with Gasteiger partial charge in [0, 0.05) is 5.39 Å². The maximum Gasteiger partial charge on any atom is 0.416 e. The van der Waals surface area contributed by atoms with Gasteiger partial charge in [-0.2, -0.15) is 0 Å². The van der Waals surface area contributed by atoms with E-state index in [-0.39, 0.29) is 16.9 Å². The van der Waals surface area contributed by atoms with Crippen molar-refractivity contribution in [1.29, 1.82) is 0 Å². The van der Waals surface area contributed by atoms with Crippen molar-refractivity contribution in [1.82, 2.24) is 19.5 Å². The molecule has 8 nitrogen and oxygen atoms in total. The van der Waals surface area contributed by atoms with E-state index in [2.05, 4.69) is 15.0 Å². The van der Waals surface area contributed by atoms with Crippen molar-refractivity contribution in [2.45, 2.75) is 0 Å². The lowest BCUT2D eigenvalue weighted by atomic mass is 10.2. The van der Waals surface area contributed by atoms with Crippen molar-refractivity contribution < 1.29 is 19.4 Å². The molecule has 0 saturated heterocycles. The number of ether oxygens (including phenoxy) is 2. The first-order valence-corrected chi connectivity index (χ1v) is 6.78. The summed E-state index contributed by atoms with van der Waals surface area (Å²) in [7, 11) is 2.86. The number of nitrogens with zero attached hydrogens (tertiary/aromatic N) is 4. The van der Waals surface area contributed by atoms with Crippen LogP contribution in [0.3, 0.4) is 0 Å². The second kappa shape index (κ2) is 5.73. The van der Waals surface area contributed by atoms with Crippen LogP contribution < -0.4 is 9.47 Å². The van der Waals surface area contributed by atoms with E-state index in [1.54, 1.807) is 12.1 Å². The molecule has 0 aliphatic carbocycles. The number of hydrogen-bond acceptors (Lipinski definition) is 6. The Morgan fingerprint density at radius 2 is 1.83 bits per heavy atom. The third kappa shape index (κ3) is 2.42. The summed E-state index contributed by atoms with van der Waals surface area (Å²) in [5.74, 6) is 0.391. The molecule has 0 aromatic carbocycles. The topological polar surface area (TPSA) is 99.4 Å². The van der Waals surface area contributed by atoms with E-state index in [9.17, 15) is 9.90 Å². The minimum atomic E-state index is -1.19. The lowest BCUT2D eigenvalue weighted by molar-refractivity contribution is 0.198. The fourth-order valence-corrected chi connectivity index (χ4v) is 2.52. The van der Waals surface area contributed by atoms with Crippen LogP contribution in [0.1, 0.15) is 0 Å². The summed E-state index contributed by atoms with van der Waals surface area (Å²) < 4.78 is 11.5. The molecule has 3 aromatic rings. The minimum Gasteiger partial charge on any atom is -0.480 e. The molecule has 0 unspecified atom stereocenters. The van der Waals surface area contributed by atoms with Crippen LogP contribution in [0, 0.1) is 0 Å². The lowest BCUT2D eigenvalue weighted by Gasteiger charge is -2.11. The Kier molecular flexibility index (Phi) is 3.75. The van der Waals surface area contributed by atoms with E-state index in [0.29, 0.717) is 22.2 Å². The van der Waals surface area contributed by atoms with Crippen LogP contribution in [0.25, 0.3) is 22.2 Å². The zero-order valence-corrected chi connectivity index (χ0v) is 12.9. The monoisotopic (exact) mass is 334 g/mol. The highest BCUT2D eigenvalue weighted by Crippen LogP contribution is 2.38. The van der Waals surface area contributed by atoms with Gasteiger partial charge in [0.2, 0.25) is 11.8 Å². The zero-order chi connectivity index (χ0) is 16.6. The average Bonchev–Trinajstić information content (AvgIpc) is 2.91. The molecule has 0 spiro atoms. The molecule has 0 bridgehead atoms. The Morgan fingerprint density at radius 1 is 1.17 bits per heavy atom. The first-order valence-electron chi connectivity index (χ1n) is 6.40. The summed E-state index contributed by atoms with van der Waals surface area (Å²) in [6.45, 7) is 0. The number of aromatic nitrogens is 4. The largest absolute Gasteiger partial charge is 0.480 e. The second-order valence-electron chi connectivity index (χ2n) is 4.48. The van der Waals surface area contributed by atoms with E-state index < -0.39 is 6.09 Å². The van der Waals surface area contributed by atoms with Crippen LogP contribution in [0.4, 0.5) is 4.79 Å². The van der Waals surface area contributed by atoms with Gasteiger partial charge in [0.15, 0.2) is 0 Å². The van der Waals surface area contributed by atoms with Gasteiger partial charge >= 0.3 is 6.09 Å². The summed E-state index contributed by atoms with van der Waals surface area (Å²) in [6, 6.07) is 3.21. The van der Waals surface area contributed by atoms with Gasteiger partial charge in [0.05, 0.1) is 31.6 Å². The molecule has 0 atom stereocenters. The molecule has 23 heavy (non-hydrogen) atoms. The van der Waals surface area contributed by atoms with Crippen LogP contribution in [0.5, 0.6) is 11.8 Å². The molecule has 0 aliphatic heterocycles. The third-order valence-electron chi connectivity index (χ3n) is 3.27. The summed E-state index contributed by atoms with van der Waals surface area (Å²) >= 11 is 5.88. The van der Waals surface area contributed by atoms with Gasteiger partial charge in [-0.15, -0.1) is 0 Å². The molecule has 0 saturated carbocycles. The fraction of sp³-hybridized carbons (Fsp3) is 0.143. The maximum atomic E-state index is 11.7. The van der Waals surface area contributed by atoms with E-state index in [0.717, 1.165) is 4.57 Å². The highest BCUT2D eigenvalue weighted by atomic mass is 35.5. The average molecular weight is 335 g/mol. The minimum absolute atomic E-state index is 0.196. The van der Waals surface area contributed by atoms with Gasteiger partial charge < -0.3 is 14.6 Å². The Bertz CT molecular complexity index is 887. The predicted molar refractivity (Wildman–Crippen MR) is 82.3 cm³/mol. The number of carbonyl (C=O) groups is 1. The Labute approximate surface area is 135 Å². The van der Waals surface area contributed by atoms with Gasteiger partial charge in [0.1, 0.15) is 17.0 Å². The van der Waals surface area contributed by atoms with Gasteiger partial charge in [-0.25, -0.2) is 24.3 Å². The standard InChI is InChI=1S/C14H11ClN4O4/c1-22-12-11(13(23-2)18-6-17-12)8-3-7-4-10(15)16-5-9(7)19(8)14(20)21/h3-6H,1-2H3,(H,20,21). The first-order chi connectivity index (χ1) is 11.1. The predicted octanol–water partition coefficient (Wildman–Crippen LogP) is 2.69. The number of hydrogen-bond donors (Lipinski definition) is 1. The Morgan fingerprint density at radius 3 is 2.39 bits per heavy atom. The smallest absolute Gasteiger partial charge is 0.416 e. The quantitative estimate of drug-likeness (QED) is 0.735. The van der Waals surface area contributed by atoms with E-state index in [1.807, 2.05) is 0 Å². The van der Waals surface area contributed by atoms with Crippen molar-refractivity contribution in [3.05, 3.63) is 29.8 Å². The fourth-order valence-electron chi connectivity index (χ4n) is 2.35. The number of fused-ring (bicyclic) bond motifs is 1. The summed E-state index contributed by atoms with van der Waals surface area (Å²) in [5, 5.41) is 10.5. The van der Waals surface area contributed by atoms with Gasteiger partial charge in [-0.05, 0) is 12.1 Å². The van der Waals surface area contributed by atoms with E-state index >= 15 is 0 Å². The van der Waals surface area contributed by atoms with E-state index in [1.165, 1.54) is 26.7 Å². The van der Waals surface area contributed by atoms with Crippen LogP contribution in [-0.2, 0) is 0 Å². The van der Waals surface area contributed by atoms with Gasteiger partial charge in [-0.3, -0.25) is 0 Å². The van der Waals surface area contributed by atoms with Crippen molar-refractivity contribution in [3.8, 4) is 23.0 Å². The molecule has 9 heteroatoms. The molecule has 0 radical (unpaired) electrons. The molecule has 3 rings (SSSR count). The van der Waals surface area contributed by atoms with E-state index in [4.69, 9.17) is 21.1 Å². The van der Waals surface area contributed by atoms with Crippen molar-refractivity contribution in [2.75, 3.05) is 14.2 Å². The molecule has 1 N–H and O–H groups in total. The molecular formula is C14H11ClN4O4. The molecule has 3 heterocycles. The number of rotatable bonds is 3. The number of halogens is 1. The molecule has 0 fully saturated rings. The van der Waals surface area contributed by atoms with Crippen LogP contribution in [0.15, 0.2) is 24.7 Å². The van der Waals surface area contributed by atoms with Crippen LogP contribution >= 0.6 is 11.6 Å². The van der Waals surface area contributed by atoms with Crippen LogP contribution in [-0.4, -0.2) is 44.9 Å². The maximum absolute atomic E-state index is 11.7.